The molecule has 5 nitrogen and oxygen atoms in total. The Morgan fingerprint density at radius 3 is 2.33 bits per heavy atom. The number of rotatable bonds is 6. The Balaban J connectivity index is 2.01. The quantitative estimate of drug-likeness (QED) is 0.854. The van der Waals surface area contributed by atoms with E-state index >= 15 is 0 Å². The summed E-state index contributed by atoms with van der Waals surface area (Å²) in [4.78, 5) is 10.5. The van der Waals surface area contributed by atoms with E-state index in [1.165, 1.54) is 24.8 Å². The first-order valence-electron chi connectivity index (χ1n) is 7.28. The summed E-state index contributed by atoms with van der Waals surface area (Å²) in [5, 5.41) is 10.3. The SMILES string of the molecule is O=C([O-])CCNS(=O)(=O)c1ccc(C2CCCCC2)cc1. The lowest BCUT2D eigenvalue weighted by atomic mass is 9.84. The Bertz CT molecular complexity index is 574. The van der Waals surface area contributed by atoms with Crippen LogP contribution in [0.3, 0.4) is 0 Å². The third-order valence-corrected chi connectivity index (χ3v) is 5.37. The number of carbonyl (C=O) groups excluding carboxylic acids is 1. The highest BCUT2D eigenvalue weighted by molar-refractivity contribution is 7.89. The normalized spacial score (nSPS) is 16.8. The Labute approximate surface area is 125 Å². The predicted octanol–water partition coefficient (Wildman–Crippen LogP) is 1.15. The van der Waals surface area contributed by atoms with E-state index < -0.39 is 16.0 Å². The summed E-state index contributed by atoms with van der Waals surface area (Å²) in [5.74, 6) is -0.744. The average molecular weight is 310 g/mol. The molecule has 1 N–H and O–H groups in total. The van der Waals surface area contributed by atoms with Crippen LogP contribution in [0.1, 0.15) is 50.0 Å². The summed E-state index contributed by atoms with van der Waals surface area (Å²) in [7, 11) is -3.64. The van der Waals surface area contributed by atoms with Crippen LogP contribution in [0.5, 0.6) is 0 Å². The summed E-state index contributed by atoms with van der Waals surface area (Å²) < 4.78 is 26.2. The van der Waals surface area contributed by atoms with E-state index in [-0.39, 0.29) is 17.9 Å². The van der Waals surface area contributed by atoms with Crippen LogP contribution in [-0.4, -0.2) is 20.9 Å². The lowest BCUT2D eigenvalue weighted by molar-refractivity contribution is -0.305. The number of benzene rings is 1. The number of aliphatic carboxylic acids is 1. The van der Waals surface area contributed by atoms with E-state index in [0.717, 1.165) is 12.8 Å². The topological polar surface area (TPSA) is 86.3 Å². The second-order valence-electron chi connectivity index (χ2n) is 5.42. The van der Waals surface area contributed by atoms with Crippen LogP contribution >= 0.6 is 0 Å². The highest BCUT2D eigenvalue weighted by Gasteiger charge is 2.17. The third-order valence-electron chi connectivity index (χ3n) is 3.89. The fourth-order valence-corrected chi connectivity index (χ4v) is 3.76. The van der Waals surface area contributed by atoms with E-state index in [1.807, 2.05) is 12.1 Å². The molecule has 0 atom stereocenters. The fourth-order valence-electron chi connectivity index (χ4n) is 2.73. The van der Waals surface area contributed by atoms with Crippen LogP contribution in [0.15, 0.2) is 29.2 Å². The largest absolute Gasteiger partial charge is 0.550 e. The highest BCUT2D eigenvalue weighted by Crippen LogP contribution is 2.32. The molecule has 1 fully saturated rings. The molecule has 1 aliphatic rings. The van der Waals surface area contributed by atoms with Crippen LogP contribution in [0.4, 0.5) is 0 Å². The zero-order valence-corrected chi connectivity index (χ0v) is 12.7. The standard InChI is InChI=1S/C15H21NO4S/c17-15(18)10-11-16-21(19,20)14-8-6-13(7-9-14)12-4-2-1-3-5-12/h6-9,12,16H,1-5,10-11H2,(H,17,18)/p-1. The van der Waals surface area contributed by atoms with Crippen molar-refractivity contribution in [3.05, 3.63) is 29.8 Å². The molecule has 2 rings (SSSR count). The Kier molecular flexibility index (Phi) is 5.36. The van der Waals surface area contributed by atoms with Crippen molar-refractivity contribution in [3.63, 3.8) is 0 Å². The highest BCUT2D eigenvalue weighted by atomic mass is 32.2. The van der Waals surface area contributed by atoms with Gasteiger partial charge in [-0.2, -0.15) is 0 Å². The molecule has 1 aliphatic carbocycles. The Morgan fingerprint density at radius 1 is 1.14 bits per heavy atom. The number of carboxylic acid groups (broad SMARTS) is 1. The number of hydrogen-bond acceptors (Lipinski definition) is 4. The van der Waals surface area contributed by atoms with Gasteiger partial charge in [-0.05, 0) is 36.5 Å². The van der Waals surface area contributed by atoms with Gasteiger partial charge in [0.1, 0.15) is 0 Å². The Morgan fingerprint density at radius 2 is 1.76 bits per heavy atom. The van der Waals surface area contributed by atoms with Crippen molar-refractivity contribution in [2.75, 3.05) is 6.54 Å². The summed E-state index contributed by atoms with van der Waals surface area (Å²) in [6, 6.07) is 6.91. The molecule has 6 heteroatoms. The molecule has 21 heavy (non-hydrogen) atoms. The second kappa shape index (κ2) is 7.04. The maximum absolute atomic E-state index is 12.0. The summed E-state index contributed by atoms with van der Waals surface area (Å²) >= 11 is 0. The maximum atomic E-state index is 12.0. The first-order chi connectivity index (χ1) is 9.99. The van der Waals surface area contributed by atoms with Crippen molar-refractivity contribution in [1.82, 2.24) is 4.72 Å². The maximum Gasteiger partial charge on any atom is 0.240 e. The average Bonchev–Trinajstić information content (AvgIpc) is 2.48. The van der Waals surface area contributed by atoms with E-state index in [4.69, 9.17) is 0 Å². The minimum Gasteiger partial charge on any atom is -0.550 e. The van der Waals surface area contributed by atoms with Gasteiger partial charge in [0.2, 0.25) is 10.0 Å². The molecular formula is C15H20NO4S-. The monoisotopic (exact) mass is 310 g/mol. The number of carbonyl (C=O) groups is 1. The van der Waals surface area contributed by atoms with Crippen molar-refractivity contribution in [3.8, 4) is 0 Å². The van der Waals surface area contributed by atoms with Gasteiger partial charge in [-0.15, -0.1) is 0 Å². The second-order valence-corrected chi connectivity index (χ2v) is 7.19. The minimum absolute atomic E-state index is 0.158. The lowest BCUT2D eigenvalue weighted by Gasteiger charge is -2.22. The van der Waals surface area contributed by atoms with Gasteiger partial charge in [-0.1, -0.05) is 31.4 Å². The van der Waals surface area contributed by atoms with Crippen molar-refractivity contribution in [2.45, 2.75) is 49.3 Å². The minimum atomic E-state index is -3.64. The van der Waals surface area contributed by atoms with E-state index in [2.05, 4.69) is 4.72 Å². The predicted molar refractivity (Wildman–Crippen MR) is 77.1 cm³/mol. The molecular weight excluding hydrogens is 290 g/mol. The van der Waals surface area contributed by atoms with Crippen molar-refractivity contribution >= 4 is 16.0 Å². The summed E-state index contributed by atoms with van der Waals surface area (Å²) in [6.45, 7) is -0.158. The molecule has 0 spiro atoms. The van der Waals surface area contributed by atoms with Gasteiger partial charge < -0.3 is 9.90 Å². The summed E-state index contributed by atoms with van der Waals surface area (Å²) in [5.41, 5.74) is 1.18. The fraction of sp³-hybridized carbons (Fsp3) is 0.533. The first kappa shape index (κ1) is 16.0. The zero-order valence-electron chi connectivity index (χ0n) is 11.9. The Hall–Kier alpha value is -1.40. The van der Waals surface area contributed by atoms with Crippen molar-refractivity contribution < 1.29 is 18.3 Å². The molecule has 1 aromatic rings. The molecule has 116 valence electrons. The van der Waals surface area contributed by atoms with Crippen molar-refractivity contribution in [2.24, 2.45) is 0 Å². The number of carboxylic acids is 1. The molecule has 0 unspecified atom stereocenters. The lowest BCUT2D eigenvalue weighted by Crippen LogP contribution is -2.31. The molecule has 0 heterocycles. The summed E-state index contributed by atoms with van der Waals surface area (Å²) in [6.07, 6.45) is 5.74. The molecule has 0 saturated heterocycles. The number of nitrogens with one attached hydrogen (secondary N) is 1. The smallest absolute Gasteiger partial charge is 0.240 e. The van der Waals surface area contributed by atoms with Crippen LogP contribution in [0.25, 0.3) is 0 Å². The van der Waals surface area contributed by atoms with Gasteiger partial charge in [0.25, 0.3) is 0 Å². The van der Waals surface area contributed by atoms with Gasteiger partial charge in [-0.3, -0.25) is 0 Å². The molecule has 0 radical (unpaired) electrons. The van der Waals surface area contributed by atoms with Gasteiger partial charge in [-0.25, -0.2) is 13.1 Å². The number of sulfonamides is 1. The van der Waals surface area contributed by atoms with Crippen LogP contribution in [0, 0.1) is 0 Å². The van der Waals surface area contributed by atoms with Gasteiger partial charge in [0, 0.05) is 18.9 Å². The zero-order chi connectivity index (χ0) is 15.3. The van der Waals surface area contributed by atoms with Crippen molar-refractivity contribution in [1.29, 1.82) is 0 Å². The van der Waals surface area contributed by atoms with Gasteiger partial charge in [0.05, 0.1) is 4.90 Å². The van der Waals surface area contributed by atoms with Crippen LogP contribution in [-0.2, 0) is 14.8 Å². The number of hydrogen-bond donors (Lipinski definition) is 1. The van der Waals surface area contributed by atoms with Gasteiger partial charge in [0.15, 0.2) is 0 Å². The van der Waals surface area contributed by atoms with E-state index in [1.54, 1.807) is 12.1 Å². The molecule has 0 amide bonds. The first-order valence-corrected chi connectivity index (χ1v) is 8.77. The van der Waals surface area contributed by atoms with Gasteiger partial charge >= 0.3 is 0 Å². The molecule has 0 bridgehead atoms. The van der Waals surface area contributed by atoms with Crippen LogP contribution < -0.4 is 9.83 Å². The van der Waals surface area contributed by atoms with E-state index in [9.17, 15) is 18.3 Å². The van der Waals surface area contributed by atoms with E-state index in [0.29, 0.717) is 5.92 Å². The molecule has 0 aromatic heterocycles. The van der Waals surface area contributed by atoms with Crippen LogP contribution in [0.2, 0.25) is 0 Å². The molecule has 1 aromatic carbocycles. The third kappa shape index (κ3) is 4.54. The molecule has 1 saturated carbocycles. The molecule has 0 aliphatic heterocycles.